The molecule has 1 unspecified atom stereocenters. The van der Waals surface area contributed by atoms with E-state index in [1.54, 1.807) is 0 Å². The third-order valence-electron chi connectivity index (χ3n) is 5.09. The molecule has 2 fully saturated rings. The summed E-state index contributed by atoms with van der Waals surface area (Å²) < 4.78 is 5.55. The third kappa shape index (κ3) is 3.01. The molecule has 2 aliphatic rings. The third-order valence-corrected chi connectivity index (χ3v) is 5.09. The molecule has 0 saturated carbocycles. The van der Waals surface area contributed by atoms with Crippen molar-refractivity contribution < 1.29 is 4.74 Å². The summed E-state index contributed by atoms with van der Waals surface area (Å²) in [6, 6.07) is 0. The summed E-state index contributed by atoms with van der Waals surface area (Å²) in [5.41, 5.74) is 6.79. The largest absolute Gasteiger partial charge is 0.381 e. The maximum atomic E-state index is 5.96. The Morgan fingerprint density at radius 1 is 1.24 bits per heavy atom. The van der Waals surface area contributed by atoms with Gasteiger partial charge in [-0.15, -0.1) is 0 Å². The number of piperidine rings is 1. The molecule has 0 aliphatic carbocycles. The van der Waals surface area contributed by atoms with E-state index in [1.165, 1.54) is 32.4 Å². The fourth-order valence-corrected chi connectivity index (χ4v) is 3.08. The van der Waals surface area contributed by atoms with Crippen molar-refractivity contribution in [2.75, 3.05) is 39.4 Å². The Labute approximate surface area is 106 Å². The normalized spacial score (nSPS) is 34.1. The molecule has 2 saturated heterocycles. The van der Waals surface area contributed by atoms with Crippen LogP contribution in [0.4, 0.5) is 0 Å². The Balaban J connectivity index is 1.85. The van der Waals surface area contributed by atoms with Crippen LogP contribution in [0.2, 0.25) is 0 Å². The van der Waals surface area contributed by atoms with E-state index >= 15 is 0 Å². The maximum absolute atomic E-state index is 5.96. The molecule has 0 amide bonds. The monoisotopic (exact) mass is 240 g/mol. The first-order valence-corrected chi connectivity index (χ1v) is 7.12. The zero-order valence-electron chi connectivity index (χ0n) is 11.5. The Kier molecular flexibility index (Phi) is 4.11. The Bertz CT molecular complexity index is 241. The highest BCUT2D eigenvalue weighted by Gasteiger charge is 2.37. The zero-order valence-corrected chi connectivity index (χ0v) is 11.5. The number of nitrogens with zero attached hydrogens (tertiary/aromatic N) is 1. The van der Waals surface area contributed by atoms with Gasteiger partial charge in [0.2, 0.25) is 0 Å². The first-order valence-electron chi connectivity index (χ1n) is 7.12. The fraction of sp³-hybridized carbons (Fsp3) is 1.00. The summed E-state index contributed by atoms with van der Waals surface area (Å²) in [5, 5.41) is 0. The van der Waals surface area contributed by atoms with E-state index in [0.29, 0.717) is 5.41 Å². The van der Waals surface area contributed by atoms with Gasteiger partial charge in [0.15, 0.2) is 0 Å². The number of ether oxygens (including phenoxy) is 1. The van der Waals surface area contributed by atoms with Gasteiger partial charge >= 0.3 is 0 Å². The minimum absolute atomic E-state index is 0.250. The van der Waals surface area contributed by atoms with Crippen LogP contribution in [-0.2, 0) is 4.74 Å². The van der Waals surface area contributed by atoms with Crippen LogP contribution in [0.5, 0.6) is 0 Å². The smallest absolute Gasteiger partial charge is 0.0547 e. The lowest BCUT2D eigenvalue weighted by Crippen LogP contribution is -2.47. The molecule has 0 radical (unpaired) electrons. The van der Waals surface area contributed by atoms with Gasteiger partial charge in [0.1, 0.15) is 0 Å². The van der Waals surface area contributed by atoms with Crippen molar-refractivity contribution in [3.63, 3.8) is 0 Å². The van der Waals surface area contributed by atoms with E-state index < -0.39 is 0 Å². The molecule has 0 aromatic heterocycles. The average Bonchev–Trinajstić information content (AvgIpc) is 2.82. The van der Waals surface area contributed by atoms with Gasteiger partial charge in [-0.05, 0) is 37.8 Å². The van der Waals surface area contributed by atoms with E-state index in [4.69, 9.17) is 10.5 Å². The van der Waals surface area contributed by atoms with Gasteiger partial charge in [-0.1, -0.05) is 20.3 Å². The Morgan fingerprint density at radius 3 is 2.41 bits per heavy atom. The van der Waals surface area contributed by atoms with Gasteiger partial charge in [0, 0.05) is 25.1 Å². The SMILES string of the molecule is CCC1(C)CCN(CC2(CN)CCOC2)CC1. The van der Waals surface area contributed by atoms with Crippen LogP contribution in [0.1, 0.15) is 39.5 Å². The van der Waals surface area contributed by atoms with Crippen molar-refractivity contribution in [3.8, 4) is 0 Å². The quantitative estimate of drug-likeness (QED) is 0.815. The molecule has 1 atom stereocenters. The second-order valence-electron chi connectivity index (χ2n) is 6.45. The standard InChI is InChI=1S/C14H28N2O/c1-3-13(2)4-7-16(8-5-13)11-14(10-15)6-9-17-12-14/h3-12,15H2,1-2H3. The van der Waals surface area contributed by atoms with Gasteiger partial charge in [-0.25, -0.2) is 0 Å². The maximum Gasteiger partial charge on any atom is 0.0547 e. The predicted molar refractivity (Wildman–Crippen MR) is 71.0 cm³/mol. The van der Waals surface area contributed by atoms with Crippen molar-refractivity contribution in [1.82, 2.24) is 4.90 Å². The fourth-order valence-electron chi connectivity index (χ4n) is 3.08. The zero-order chi connectivity index (χ0) is 12.4. The molecule has 100 valence electrons. The number of hydrogen-bond donors (Lipinski definition) is 1. The van der Waals surface area contributed by atoms with Crippen molar-refractivity contribution in [1.29, 1.82) is 0 Å². The van der Waals surface area contributed by atoms with Crippen LogP contribution in [0.25, 0.3) is 0 Å². The number of rotatable bonds is 4. The molecule has 2 aliphatic heterocycles. The summed E-state index contributed by atoms with van der Waals surface area (Å²) in [5.74, 6) is 0. The molecule has 2 rings (SSSR count). The van der Waals surface area contributed by atoms with Crippen LogP contribution < -0.4 is 5.73 Å². The summed E-state index contributed by atoms with van der Waals surface area (Å²) in [7, 11) is 0. The number of nitrogens with two attached hydrogens (primary N) is 1. The molecular formula is C14H28N2O. The highest BCUT2D eigenvalue weighted by atomic mass is 16.5. The summed E-state index contributed by atoms with van der Waals surface area (Å²) >= 11 is 0. The Morgan fingerprint density at radius 2 is 1.94 bits per heavy atom. The van der Waals surface area contributed by atoms with Crippen LogP contribution in [0.15, 0.2) is 0 Å². The molecule has 3 heteroatoms. The van der Waals surface area contributed by atoms with Crippen LogP contribution in [0.3, 0.4) is 0 Å². The van der Waals surface area contributed by atoms with E-state index in [1.807, 2.05) is 0 Å². The molecule has 2 heterocycles. The van der Waals surface area contributed by atoms with Crippen LogP contribution in [-0.4, -0.2) is 44.3 Å². The van der Waals surface area contributed by atoms with E-state index in [-0.39, 0.29) is 5.41 Å². The molecule has 0 aromatic carbocycles. The molecule has 2 N–H and O–H groups in total. The van der Waals surface area contributed by atoms with Crippen molar-refractivity contribution in [2.24, 2.45) is 16.6 Å². The topological polar surface area (TPSA) is 38.5 Å². The molecule has 17 heavy (non-hydrogen) atoms. The highest BCUT2D eigenvalue weighted by molar-refractivity contribution is 4.90. The highest BCUT2D eigenvalue weighted by Crippen LogP contribution is 2.36. The summed E-state index contributed by atoms with van der Waals surface area (Å²) in [4.78, 5) is 2.61. The first kappa shape index (κ1) is 13.3. The van der Waals surface area contributed by atoms with Crippen molar-refractivity contribution in [2.45, 2.75) is 39.5 Å². The van der Waals surface area contributed by atoms with Crippen molar-refractivity contribution >= 4 is 0 Å². The van der Waals surface area contributed by atoms with Gasteiger partial charge in [-0.2, -0.15) is 0 Å². The molecular weight excluding hydrogens is 212 g/mol. The second-order valence-corrected chi connectivity index (χ2v) is 6.45. The van der Waals surface area contributed by atoms with Gasteiger partial charge in [-0.3, -0.25) is 0 Å². The second kappa shape index (κ2) is 5.25. The van der Waals surface area contributed by atoms with Crippen molar-refractivity contribution in [3.05, 3.63) is 0 Å². The van der Waals surface area contributed by atoms with Crippen LogP contribution >= 0.6 is 0 Å². The Hall–Kier alpha value is -0.120. The van der Waals surface area contributed by atoms with Gasteiger partial charge in [0.05, 0.1) is 6.61 Å². The minimum atomic E-state index is 0.250. The molecule has 0 bridgehead atoms. The first-order chi connectivity index (χ1) is 8.11. The number of likely N-dealkylation sites (tertiary alicyclic amines) is 1. The average molecular weight is 240 g/mol. The summed E-state index contributed by atoms with van der Waals surface area (Å²) in [6.45, 7) is 10.9. The van der Waals surface area contributed by atoms with Gasteiger partial charge in [0.25, 0.3) is 0 Å². The van der Waals surface area contributed by atoms with Gasteiger partial charge < -0.3 is 15.4 Å². The molecule has 0 spiro atoms. The lowest BCUT2D eigenvalue weighted by Gasteiger charge is -2.42. The predicted octanol–water partition coefficient (Wildman–Crippen LogP) is 1.86. The van der Waals surface area contributed by atoms with E-state index in [0.717, 1.165) is 32.7 Å². The minimum Gasteiger partial charge on any atom is -0.381 e. The summed E-state index contributed by atoms with van der Waals surface area (Å²) in [6.07, 6.45) is 5.13. The van der Waals surface area contributed by atoms with E-state index in [2.05, 4.69) is 18.7 Å². The number of hydrogen-bond acceptors (Lipinski definition) is 3. The molecule has 0 aromatic rings. The lowest BCUT2D eigenvalue weighted by atomic mass is 9.77. The lowest BCUT2D eigenvalue weighted by molar-refractivity contribution is 0.0651. The van der Waals surface area contributed by atoms with Crippen LogP contribution in [0, 0.1) is 10.8 Å². The van der Waals surface area contributed by atoms with E-state index in [9.17, 15) is 0 Å². The molecule has 3 nitrogen and oxygen atoms in total.